The van der Waals surface area contributed by atoms with Crippen molar-refractivity contribution in [3.05, 3.63) is 0 Å². The molecule has 0 aromatic heterocycles. The third kappa shape index (κ3) is 12.4. The molecule has 2 aliphatic heterocycles. The van der Waals surface area contributed by atoms with Gasteiger partial charge in [0.2, 0.25) is 5.91 Å². The van der Waals surface area contributed by atoms with Crippen LogP contribution in [0.4, 0.5) is 4.79 Å². The van der Waals surface area contributed by atoms with Crippen molar-refractivity contribution in [1.29, 1.82) is 0 Å². The number of carbonyl (C=O) groups excluding carboxylic acids is 2. The molecule has 2 aliphatic rings. The molecule has 3 amide bonds. The van der Waals surface area contributed by atoms with Crippen molar-refractivity contribution >= 4 is 36.1 Å². The number of nitrogens with one attached hydrogen (secondary N) is 3. The van der Waals surface area contributed by atoms with Gasteiger partial charge in [0.25, 0.3) is 0 Å². The van der Waals surface area contributed by atoms with Crippen molar-refractivity contribution < 1.29 is 28.5 Å². The molecule has 10 nitrogen and oxygen atoms in total. The molecule has 0 radical (unpaired) electrons. The molecule has 2 heterocycles. The number of nitrogens with two attached hydrogens (primary N) is 1. The van der Waals surface area contributed by atoms with Gasteiger partial charge in [-0.3, -0.25) is 4.79 Å². The average molecular weight is 499 g/mol. The van der Waals surface area contributed by atoms with Crippen molar-refractivity contribution in [2.45, 2.75) is 43.0 Å². The smallest absolute Gasteiger partial charge is 0.315 e. The van der Waals surface area contributed by atoms with E-state index in [0.29, 0.717) is 77.6 Å². The van der Waals surface area contributed by atoms with Crippen LogP contribution in [0.15, 0.2) is 0 Å². The number of fused-ring (bicyclic) bond motifs is 1. The Morgan fingerprint density at radius 2 is 1.59 bits per heavy atom. The number of hydrogen-bond acceptors (Lipinski definition) is 8. The van der Waals surface area contributed by atoms with Crippen molar-refractivity contribution in [2.75, 3.05) is 71.7 Å². The number of rotatable bonds is 19. The summed E-state index contributed by atoms with van der Waals surface area (Å²) in [6, 6.07) is 0.444. The Morgan fingerprint density at radius 3 is 2.25 bits per heavy atom. The number of amides is 3. The van der Waals surface area contributed by atoms with E-state index < -0.39 is 0 Å². The van der Waals surface area contributed by atoms with Gasteiger partial charge in [-0.1, -0.05) is 6.42 Å². The highest BCUT2D eigenvalue weighted by Crippen LogP contribution is 2.33. The summed E-state index contributed by atoms with van der Waals surface area (Å²) >= 11 is 1.91. The maximum atomic E-state index is 11.9. The minimum Gasteiger partial charge on any atom is -0.378 e. The number of thioether (sulfide) groups is 1. The molecular formula is C20H39ClN4O6S. The zero-order valence-corrected chi connectivity index (χ0v) is 20.3. The van der Waals surface area contributed by atoms with E-state index >= 15 is 0 Å². The van der Waals surface area contributed by atoms with E-state index in [2.05, 4.69) is 16.0 Å². The first kappa shape index (κ1) is 29.2. The third-order valence-electron chi connectivity index (χ3n) is 5.03. The summed E-state index contributed by atoms with van der Waals surface area (Å²) in [7, 11) is 0. The molecule has 32 heavy (non-hydrogen) atoms. The quantitative estimate of drug-likeness (QED) is 0.147. The van der Waals surface area contributed by atoms with Crippen molar-refractivity contribution in [3.8, 4) is 0 Å². The van der Waals surface area contributed by atoms with E-state index in [1.807, 2.05) is 11.8 Å². The first-order valence-electron chi connectivity index (χ1n) is 11.2. The van der Waals surface area contributed by atoms with Crippen molar-refractivity contribution in [1.82, 2.24) is 16.0 Å². The molecule has 2 rings (SSSR count). The standard InChI is InChI=1S/C20H38N4O6S.ClH/c21-5-7-27-9-11-29-13-14-30-12-10-28-8-6-22-18(25)4-2-1-3-17-19-16(15-31-17)23-20(26)24-19;/h16-17,19H,1-15,21H2,(H,22,25)(H2,23,24,26);1H/t16-,17-,19-;/m0./s1. The predicted molar refractivity (Wildman–Crippen MR) is 127 cm³/mol. The summed E-state index contributed by atoms with van der Waals surface area (Å²) in [6.07, 6.45) is 3.40. The van der Waals surface area contributed by atoms with Gasteiger partial charge in [0.1, 0.15) is 0 Å². The number of urea groups is 1. The van der Waals surface area contributed by atoms with Crippen LogP contribution < -0.4 is 21.7 Å². The molecule has 0 unspecified atom stereocenters. The van der Waals surface area contributed by atoms with Crippen LogP contribution in [0.25, 0.3) is 0 Å². The van der Waals surface area contributed by atoms with E-state index in [0.717, 1.165) is 25.0 Å². The molecule has 0 aliphatic carbocycles. The van der Waals surface area contributed by atoms with Crippen molar-refractivity contribution in [2.24, 2.45) is 5.73 Å². The largest absolute Gasteiger partial charge is 0.378 e. The first-order valence-corrected chi connectivity index (χ1v) is 12.2. The minimum atomic E-state index is -0.0530. The highest BCUT2D eigenvalue weighted by Gasteiger charge is 2.42. The molecular weight excluding hydrogens is 460 g/mol. The lowest BCUT2D eigenvalue weighted by atomic mass is 10.0. The van der Waals surface area contributed by atoms with Gasteiger partial charge in [-0.05, 0) is 12.8 Å². The summed E-state index contributed by atoms with van der Waals surface area (Å²) in [6.45, 7) is 5.16. The van der Waals surface area contributed by atoms with Crippen LogP contribution in [-0.4, -0.2) is 101 Å². The maximum absolute atomic E-state index is 11.9. The number of halogens is 1. The Kier molecular flexibility index (Phi) is 17.0. The van der Waals surface area contributed by atoms with Crippen LogP contribution in [0.1, 0.15) is 25.7 Å². The molecule has 2 fully saturated rings. The van der Waals surface area contributed by atoms with Gasteiger partial charge in [-0.15, -0.1) is 12.4 Å². The van der Waals surface area contributed by atoms with Crippen LogP contribution in [-0.2, 0) is 23.7 Å². The molecule has 0 aromatic carbocycles. The van der Waals surface area contributed by atoms with Gasteiger partial charge < -0.3 is 40.6 Å². The third-order valence-corrected chi connectivity index (χ3v) is 6.54. The summed E-state index contributed by atoms with van der Waals surface area (Å²) in [4.78, 5) is 23.3. The highest BCUT2D eigenvalue weighted by atomic mass is 35.5. The molecule has 12 heteroatoms. The Morgan fingerprint density at radius 1 is 0.969 bits per heavy atom. The average Bonchev–Trinajstić information content (AvgIpc) is 3.30. The summed E-state index contributed by atoms with van der Waals surface area (Å²) in [5, 5.41) is 9.27. The summed E-state index contributed by atoms with van der Waals surface area (Å²) in [5.74, 6) is 1.03. The Labute approximate surface area is 201 Å². The van der Waals surface area contributed by atoms with E-state index in [1.165, 1.54) is 0 Å². The number of carbonyl (C=O) groups is 2. The second kappa shape index (κ2) is 18.6. The van der Waals surface area contributed by atoms with E-state index in [-0.39, 0.29) is 36.4 Å². The SMILES string of the molecule is Cl.NCCOCCOCCOCCOCCNC(=O)CCCC[C@@H]1SC[C@@H]2NC(=O)N[C@@H]21. The second-order valence-electron chi connectivity index (χ2n) is 7.46. The molecule has 0 spiro atoms. The lowest BCUT2D eigenvalue weighted by Crippen LogP contribution is -2.36. The van der Waals surface area contributed by atoms with E-state index in [4.69, 9.17) is 24.7 Å². The normalized spacial score (nSPS) is 21.5. The molecule has 2 saturated heterocycles. The highest BCUT2D eigenvalue weighted by molar-refractivity contribution is 8.00. The molecule has 0 saturated carbocycles. The number of unbranched alkanes of at least 4 members (excludes halogenated alkanes) is 1. The molecule has 188 valence electrons. The van der Waals surface area contributed by atoms with Crippen LogP contribution in [0.2, 0.25) is 0 Å². The lowest BCUT2D eigenvalue weighted by Gasteiger charge is -2.16. The monoisotopic (exact) mass is 498 g/mol. The topological polar surface area (TPSA) is 133 Å². The fourth-order valence-electron chi connectivity index (χ4n) is 3.47. The molecule has 3 atom stereocenters. The van der Waals surface area contributed by atoms with Gasteiger partial charge >= 0.3 is 6.03 Å². The minimum absolute atomic E-state index is 0. The van der Waals surface area contributed by atoms with E-state index in [1.54, 1.807) is 0 Å². The fraction of sp³-hybridized carbons (Fsp3) is 0.900. The zero-order valence-electron chi connectivity index (χ0n) is 18.7. The second-order valence-corrected chi connectivity index (χ2v) is 8.73. The van der Waals surface area contributed by atoms with Gasteiger partial charge in [-0.2, -0.15) is 11.8 Å². The lowest BCUT2D eigenvalue weighted by molar-refractivity contribution is -0.121. The molecule has 0 aromatic rings. The Bertz CT molecular complexity index is 522. The van der Waals surface area contributed by atoms with Crippen LogP contribution in [0.5, 0.6) is 0 Å². The van der Waals surface area contributed by atoms with Gasteiger partial charge in [-0.25, -0.2) is 4.79 Å². The molecule has 5 N–H and O–H groups in total. The zero-order chi connectivity index (χ0) is 22.2. The van der Waals surface area contributed by atoms with Crippen LogP contribution >= 0.6 is 24.2 Å². The molecule has 0 bridgehead atoms. The predicted octanol–water partition coefficient (Wildman–Crippen LogP) is 0.275. The Balaban J connectivity index is 0.00000512. The Hall–Kier alpha value is -0.820. The van der Waals surface area contributed by atoms with Gasteiger partial charge in [0, 0.05) is 30.5 Å². The number of ether oxygens (including phenoxy) is 4. The summed E-state index contributed by atoms with van der Waals surface area (Å²) in [5.41, 5.74) is 5.31. The number of hydrogen-bond donors (Lipinski definition) is 4. The van der Waals surface area contributed by atoms with Gasteiger partial charge in [0.05, 0.1) is 64.9 Å². The van der Waals surface area contributed by atoms with Crippen molar-refractivity contribution in [3.63, 3.8) is 0 Å². The van der Waals surface area contributed by atoms with Crippen LogP contribution in [0, 0.1) is 0 Å². The van der Waals surface area contributed by atoms with E-state index in [9.17, 15) is 9.59 Å². The fourth-order valence-corrected chi connectivity index (χ4v) is 5.01. The first-order chi connectivity index (χ1) is 15.2. The summed E-state index contributed by atoms with van der Waals surface area (Å²) < 4.78 is 21.4. The van der Waals surface area contributed by atoms with Crippen LogP contribution in [0.3, 0.4) is 0 Å². The van der Waals surface area contributed by atoms with Gasteiger partial charge in [0.15, 0.2) is 0 Å². The maximum Gasteiger partial charge on any atom is 0.315 e.